The molecule has 0 bridgehead atoms. The molecule has 0 aromatic heterocycles. The van der Waals surface area contributed by atoms with E-state index in [4.69, 9.17) is 5.73 Å². The summed E-state index contributed by atoms with van der Waals surface area (Å²) in [5.74, 6) is 0. The van der Waals surface area contributed by atoms with Crippen LogP contribution in [-0.2, 0) is 0 Å². The van der Waals surface area contributed by atoms with Gasteiger partial charge in [-0.15, -0.1) is 0 Å². The Morgan fingerprint density at radius 1 is 0.731 bits per heavy atom. The van der Waals surface area contributed by atoms with Crippen LogP contribution >= 0.6 is 0 Å². The van der Waals surface area contributed by atoms with Crippen molar-refractivity contribution >= 4 is 6.08 Å². The largest absolute Gasteiger partial charge is 0.402 e. The van der Waals surface area contributed by atoms with E-state index >= 15 is 0 Å². The van der Waals surface area contributed by atoms with E-state index in [1.165, 1.54) is 89.0 Å². The molecule has 0 radical (unpaired) electrons. The van der Waals surface area contributed by atoms with Crippen LogP contribution in [0.15, 0.2) is 48.2 Å². The first-order valence-electron chi connectivity index (χ1n) is 11.0. The van der Waals surface area contributed by atoms with E-state index in [9.17, 15) is 0 Å². The van der Waals surface area contributed by atoms with Crippen LogP contribution in [0.2, 0.25) is 0 Å². The van der Waals surface area contributed by atoms with Crippen molar-refractivity contribution in [1.82, 2.24) is 0 Å². The molecule has 0 unspecified atom stereocenters. The van der Waals surface area contributed by atoms with E-state index in [1.807, 2.05) is 6.07 Å². The topological polar surface area (TPSA) is 26.0 Å². The molecule has 0 aliphatic rings. The summed E-state index contributed by atoms with van der Waals surface area (Å²) in [5.41, 5.74) is 8.33. The van der Waals surface area contributed by atoms with Crippen LogP contribution < -0.4 is 5.73 Å². The van der Waals surface area contributed by atoms with Crippen LogP contribution in [-0.4, -0.2) is 0 Å². The van der Waals surface area contributed by atoms with Gasteiger partial charge in [-0.3, -0.25) is 0 Å². The summed E-state index contributed by atoms with van der Waals surface area (Å²) in [6, 6.07) is 10.4. The smallest absolute Gasteiger partial charge is 0.00864 e. The quantitative estimate of drug-likeness (QED) is 0.236. The number of rotatable bonds is 16. The van der Waals surface area contributed by atoms with Gasteiger partial charge in [0.25, 0.3) is 0 Å². The predicted molar refractivity (Wildman–Crippen MR) is 118 cm³/mol. The predicted octanol–water partition coefficient (Wildman–Crippen LogP) is 8.02. The molecular weight excluding hydrogens is 314 g/mol. The number of benzene rings is 1. The van der Waals surface area contributed by atoms with Gasteiger partial charge in [0, 0.05) is 5.70 Å². The fraction of sp³-hybridized carbons (Fsp3) is 0.600. The fourth-order valence-corrected chi connectivity index (χ4v) is 3.24. The number of hydrogen-bond acceptors (Lipinski definition) is 1. The van der Waals surface area contributed by atoms with Gasteiger partial charge >= 0.3 is 0 Å². The van der Waals surface area contributed by atoms with Gasteiger partial charge in [-0.05, 0) is 50.2 Å². The summed E-state index contributed by atoms with van der Waals surface area (Å²) < 4.78 is 0. The highest BCUT2D eigenvalue weighted by Gasteiger charge is 1.94. The minimum absolute atomic E-state index is 1.01. The lowest BCUT2D eigenvalue weighted by Gasteiger charge is -2.03. The summed E-state index contributed by atoms with van der Waals surface area (Å²) in [6.45, 7) is 2.28. The van der Waals surface area contributed by atoms with Crippen LogP contribution in [0.5, 0.6) is 0 Å². The van der Waals surface area contributed by atoms with E-state index in [-0.39, 0.29) is 0 Å². The first kappa shape index (κ1) is 22.5. The number of hydrogen-bond donors (Lipinski definition) is 1. The molecule has 146 valence electrons. The number of nitrogens with two attached hydrogens (primary N) is 1. The Morgan fingerprint density at radius 3 is 1.88 bits per heavy atom. The highest BCUT2D eigenvalue weighted by atomic mass is 14.6. The molecule has 0 fully saturated rings. The molecule has 0 saturated heterocycles. The van der Waals surface area contributed by atoms with Crippen molar-refractivity contribution in [2.45, 2.75) is 96.8 Å². The average Bonchev–Trinajstić information content (AvgIpc) is 2.65. The molecule has 26 heavy (non-hydrogen) atoms. The Morgan fingerprint density at radius 2 is 1.27 bits per heavy atom. The zero-order chi connectivity index (χ0) is 18.7. The van der Waals surface area contributed by atoms with E-state index in [2.05, 4.69) is 49.4 Å². The van der Waals surface area contributed by atoms with Gasteiger partial charge in [-0.2, -0.15) is 0 Å². The third-order valence-electron chi connectivity index (χ3n) is 4.88. The fourth-order valence-electron chi connectivity index (χ4n) is 3.24. The van der Waals surface area contributed by atoms with Crippen molar-refractivity contribution in [2.24, 2.45) is 5.73 Å². The Hall–Kier alpha value is -1.50. The summed E-state index contributed by atoms with van der Waals surface area (Å²) in [4.78, 5) is 0. The molecule has 0 saturated carbocycles. The summed E-state index contributed by atoms with van der Waals surface area (Å²) in [7, 11) is 0. The SMILES string of the molecule is CCCCCCCC/C=C\CCCCCCCC(N)=Cc1ccccc1. The number of unbranched alkanes of at least 4 members (excludes halogenated alkanes) is 11. The molecule has 1 rings (SSSR count). The van der Waals surface area contributed by atoms with Crippen molar-refractivity contribution in [3.05, 3.63) is 53.7 Å². The third kappa shape index (κ3) is 13.8. The monoisotopic (exact) mass is 355 g/mol. The highest BCUT2D eigenvalue weighted by molar-refractivity contribution is 5.51. The lowest BCUT2D eigenvalue weighted by Crippen LogP contribution is -1.96. The standard InChI is InChI=1S/C25H41N/c1-2-3-4-5-6-7-8-9-10-11-12-13-14-15-19-22-25(26)23-24-20-17-16-18-21-24/h9-10,16-18,20-21,23H,2-8,11-15,19,22,26H2,1H3/b10-9-,25-23?. The first-order chi connectivity index (χ1) is 12.8. The van der Waals surface area contributed by atoms with Crippen molar-refractivity contribution in [3.63, 3.8) is 0 Å². The summed E-state index contributed by atoms with van der Waals surface area (Å²) in [5, 5.41) is 0. The van der Waals surface area contributed by atoms with Gasteiger partial charge in [-0.1, -0.05) is 101 Å². The molecule has 0 amide bonds. The maximum absolute atomic E-state index is 6.11. The average molecular weight is 356 g/mol. The van der Waals surface area contributed by atoms with Crippen LogP contribution in [0.4, 0.5) is 0 Å². The van der Waals surface area contributed by atoms with Gasteiger partial charge in [0.15, 0.2) is 0 Å². The molecule has 0 atom stereocenters. The maximum atomic E-state index is 6.11. The van der Waals surface area contributed by atoms with Gasteiger partial charge in [-0.25, -0.2) is 0 Å². The molecule has 1 nitrogen and oxygen atoms in total. The van der Waals surface area contributed by atoms with Crippen molar-refractivity contribution in [2.75, 3.05) is 0 Å². The van der Waals surface area contributed by atoms with Crippen molar-refractivity contribution < 1.29 is 0 Å². The lowest BCUT2D eigenvalue weighted by molar-refractivity contribution is 0.608. The first-order valence-corrected chi connectivity index (χ1v) is 11.0. The highest BCUT2D eigenvalue weighted by Crippen LogP contribution is 2.12. The van der Waals surface area contributed by atoms with Crippen LogP contribution in [0, 0.1) is 0 Å². The normalized spacial score (nSPS) is 12.1. The molecule has 0 heterocycles. The Labute approximate surface area is 162 Å². The second-order valence-electron chi connectivity index (χ2n) is 7.46. The van der Waals surface area contributed by atoms with Crippen molar-refractivity contribution in [3.8, 4) is 0 Å². The molecule has 0 aliphatic carbocycles. The Kier molecular flexibility index (Phi) is 14.7. The lowest BCUT2D eigenvalue weighted by atomic mass is 10.1. The van der Waals surface area contributed by atoms with E-state index in [1.54, 1.807) is 0 Å². The van der Waals surface area contributed by atoms with Crippen molar-refractivity contribution in [1.29, 1.82) is 0 Å². The van der Waals surface area contributed by atoms with Gasteiger partial charge in [0.05, 0.1) is 0 Å². The van der Waals surface area contributed by atoms with E-state index in [0.29, 0.717) is 0 Å². The second kappa shape index (κ2) is 16.9. The van der Waals surface area contributed by atoms with Crippen LogP contribution in [0.3, 0.4) is 0 Å². The van der Waals surface area contributed by atoms with Crippen LogP contribution in [0.1, 0.15) is 102 Å². The van der Waals surface area contributed by atoms with Gasteiger partial charge < -0.3 is 5.73 Å². The van der Waals surface area contributed by atoms with Gasteiger partial charge in [0.2, 0.25) is 0 Å². The zero-order valence-corrected chi connectivity index (χ0v) is 17.1. The summed E-state index contributed by atoms with van der Waals surface area (Å²) >= 11 is 0. The van der Waals surface area contributed by atoms with E-state index in [0.717, 1.165) is 12.1 Å². The van der Waals surface area contributed by atoms with Gasteiger partial charge in [0.1, 0.15) is 0 Å². The molecule has 1 aromatic rings. The molecule has 0 spiro atoms. The molecular formula is C25H41N. The third-order valence-corrected chi connectivity index (χ3v) is 4.88. The Bertz CT molecular complexity index is 472. The maximum Gasteiger partial charge on any atom is 0.00864 e. The summed E-state index contributed by atoms with van der Waals surface area (Å²) in [6.07, 6.45) is 25.4. The minimum Gasteiger partial charge on any atom is -0.402 e. The molecule has 0 aliphatic heterocycles. The number of allylic oxidation sites excluding steroid dienone is 3. The second-order valence-corrected chi connectivity index (χ2v) is 7.46. The van der Waals surface area contributed by atoms with E-state index < -0.39 is 0 Å². The van der Waals surface area contributed by atoms with Crippen LogP contribution in [0.25, 0.3) is 6.08 Å². The minimum atomic E-state index is 1.01. The molecule has 1 heteroatoms. The Balaban J connectivity index is 1.87. The molecule has 2 N–H and O–H groups in total. The zero-order valence-electron chi connectivity index (χ0n) is 17.1. The molecule has 1 aromatic carbocycles.